The number of carbonyl (C=O) groups is 1. The highest BCUT2D eigenvalue weighted by atomic mass is 79.9. The van der Waals surface area contributed by atoms with Crippen LogP contribution in [0.2, 0.25) is 0 Å². The van der Waals surface area contributed by atoms with Crippen LogP contribution in [0.1, 0.15) is 24.5 Å². The SMILES string of the molecule is COC(=O)CC1CCn2c1cc1c(Br)cc(OC)cc12. The van der Waals surface area contributed by atoms with Crippen molar-refractivity contribution in [3.05, 3.63) is 28.4 Å². The lowest BCUT2D eigenvalue weighted by molar-refractivity contribution is -0.141. The summed E-state index contributed by atoms with van der Waals surface area (Å²) in [6.45, 7) is 0.931. The van der Waals surface area contributed by atoms with E-state index in [-0.39, 0.29) is 11.9 Å². The van der Waals surface area contributed by atoms with Crippen molar-refractivity contribution in [2.45, 2.75) is 25.3 Å². The van der Waals surface area contributed by atoms with E-state index in [2.05, 4.69) is 26.6 Å². The summed E-state index contributed by atoms with van der Waals surface area (Å²) in [6, 6.07) is 6.18. The van der Waals surface area contributed by atoms with Crippen molar-refractivity contribution in [1.29, 1.82) is 0 Å². The Hall–Kier alpha value is -1.49. The maximum Gasteiger partial charge on any atom is 0.306 e. The van der Waals surface area contributed by atoms with Gasteiger partial charge >= 0.3 is 5.97 Å². The fraction of sp³-hybridized carbons (Fsp3) is 0.400. The maximum atomic E-state index is 11.5. The number of methoxy groups -OCH3 is 2. The lowest BCUT2D eigenvalue weighted by Crippen LogP contribution is -2.06. The molecule has 1 aliphatic heterocycles. The second kappa shape index (κ2) is 5.13. The summed E-state index contributed by atoms with van der Waals surface area (Å²) >= 11 is 3.59. The zero-order valence-corrected chi connectivity index (χ0v) is 13.1. The monoisotopic (exact) mass is 337 g/mol. The minimum atomic E-state index is -0.148. The molecule has 4 nitrogen and oxygen atoms in total. The van der Waals surface area contributed by atoms with Gasteiger partial charge in [0.15, 0.2) is 0 Å². The Bertz CT molecular complexity index is 677. The normalized spacial score (nSPS) is 17.2. The summed E-state index contributed by atoms with van der Waals surface area (Å²) in [4.78, 5) is 11.5. The van der Waals surface area contributed by atoms with E-state index in [0.29, 0.717) is 6.42 Å². The van der Waals surface area contributed by atoms with Crippen molar-refractivity contribution in [3.8, 4) is 5.75 Å². The lowest BCUT2D eigenvalue weighted by atomic mass is 10.0. The topological polar surface area (TPSA) is 40.5 Å². The third-order valence-electron chi connectivity index (χ3n) is 3.97. The molecule has 1 aromatic carbocycles. The molecule has 0 amide bonds. The van der Waals surface area contributed by atoms with Crippen molar-refractivity contribution in [2.24, 2.45) is 0 Å². The molecule has 0 saturated carbocycles. The first-order valence-corrected chi connectivity index (χ1v) is 7.37. The molecule has 2 aromatic rings. The predicted molar refractivity (Wildman–Crippen MR) is 80.2 cm³/mol. The number of ether oxygens (including phenoxy) is 2. The summed E-state index contributed by atoms with van der Waals surface area (Å²) in [6.07, 6.45) is 1.43. The molecule has 0 bridgehead atoms. The number of hydrogen-bond donors (Lipinski definition) is 0. The molecule has 106 valence electrons. The number of esters is 1. The number of aromatic nitrogens is 1. The van der Waals surface area contributed by atoms with Crippen LogP contribution in [-0.4, -0.2) is 24.8 Å². The van der Waals surface area contributed by atoms with E-state index >= 15 is 0 Å². The molecule has 0 fully saturated rings. The van der Waals surface area contributed by atoms with Gasteiger partial charge in [0, 0.05) is 34.1 Å². The van der Waals surface area contributed by atoms with Crippen LogP contribution in [0, 0.1) is 0 Å². The van der Waals surface area contributed by atoms with Crippen LogP contribution < -0.4 is 4.74 Å². The van der Waals surface area contributed by atoms with Gasteiger partial charge in [0.2, 0.25) is 0 Å². The molecule has 0 saturated heterocycles. The van der Waals surface area contributed by atoms with E-state index in [1.54, 1.807) is 7.11 Å². The molecule has 0 N–H and O–H groups in total. The molecule has 1 aromatic heterocycles. The van der Waals surface area contributed by atoms with Crippen LogP contribution in [0.15, 0.2) is 22.7 Å². The number of fused-ring (bicyclic) bond motifs is 3. The number of carbonyl (C=O) groups excluding carboxylic acids is 1. The zero-order chi connectivity index (χ0) is 14.3. The zero-order valence-electron chi connectivity index (χ0n) is 11.5. The van der Waals surface area contributed by atoms with Crippen molar-refractivity contribution in [3.63, 3.8) is 0 Å². The maximum absolute atomic E-state index is 11.5. The number of hydrogen-bond acceptors (Lipinski definition) is 3. The Morgan fingerprint density at radius 3 is 2.90 bits per heavy atom. The fourth-order valence-electron chi connectivity index (χ4n) is 2.94. The minimum Gasteiger partial charge on any atom is -0.497 e. The van der Waals surface area contributed by atoms with Gasteiger partial charge in [-0.05, 0) is 34.5 Å². The van der Waals surface area contributed by atoms with E-state index < -0.39 is 0 Å². The number of nitrogens with zero attached hydrogens (tertiary/aromatic N) is 1. The Morgan fingerprint density at radius 2 is 2.20 bits per heavy atom. The van der Waals surface area contributed by atoms with Crippen LogP contribution >= 0.6 is 15.9 Å². The van der Waals surface area contributed by atoms with Crippen molar-refractivity contribution in [2.75, 3.05) is 14.2 Å². The van der Waals surface area contributed by atoms with Crippen LogP contribution in [0.3, 0.4) is 0 Å². The van der Waals surface area contributed by atoms with E-state index in [4.69, 9.17) is 9.47 Å². The standard InChI is InChI=1S/C15H16BrNO3/c1-19-10-6-12(16)11-8-13-9(5-15(18)20-2)3-4-17(13)14(11)7-10/h6-9H,3-5H2,1-2H3. The molecule has 5 heteroatoms. The molecule has 0 radical (unpaired) electrons. The van der Waals surface area contributed by atoms with Gasteiger partial charge in [-0.2, -0.15) is 0 Å². The quantitative estimate of drug-likeness (QED) is 0.805. The summed E-state index contributed by atoms with van der Waals surface area (Å²) in [5, 5.41) is 1.16. The van der Waals surface area contributed by atoms with E-state index in [1.807, 2.05) is 12.1 Å². The predicted octanol–water partition coefficient (Wildman–Crippen LogP) is 3.46. The van der Waals surface area contributed by atoms with Crippen LogP contribution in [-0.2, 0) is 16.1 Å². The van der Waals surface area contributed by atoms with E-state index in [0.717, 1.165) is 34.1 Å². The average molecular weight is 338 g/mol. The molecular formula is C15H16BrNO3. The molecule has 1 atom stereocenters. The first-order valence-electron chi connectivity index (χ1n) is 6.57. The van der Waals surface area contributed by atoms with Gasteiger partial charge in [-0.25, -0.2) is 0 Å². The Morgan fingerprint density at radius 1 is 1.40 bits per heavy atom. The summed E-state index contributed by atoms with van der Waals surface area (Å²) in [7, 11) is 3.11. The smallest absolute Gasteiger partial charge is 0.306 e. The average Bonchev–Trinajstić information content (AvgIpc) is 2.99. The first kappa shape index (κ1) is 13.5. The number of halogens is 1. The van der Waals surface area contributed by atoms with Crippen molar-refractivity contribution >= 4 is 32.8 Å². The van der Waals surface area contributed by atoms with Gasteiger partial charge in [-0.1, -0.05) is 0 Å². The third kappa shape index (κ3) is 2.10. The number of rotatable bonds is 3. The third-order valence-corrected chi connectivity index (χ3v) is 4.63. The number of benzene rings is 1. The van der Waals surface area contributed by atoms with Gasteiger partial charge < -0.3 is 14.0 Å². The Balaban J connectivity index is 2.06. The molecule has 0 aliphatic carbocycles. The fourth-order valence-corrected chi connectivity index (χ4v) is 3.48. The van der Waals surface area contributed by atoms with Gasteiger partial charge in [-0.3, -0.25) is 4.79 Å². The Labute approximate surface area is 125 Å². The van der Waals surface area contributed by atoms with Crippen LogP contribution in [0.25, 0.3) is 10.9 Å². The van der Waals surface area contributed by atoms with Gasteiger partial charge in [-0.15, -0.1) is 0 Å². The molecule has 1 unspecified atom stereocenters. The Kier molecular flexibility index (Phi) is 3.46. The molecule has 3 rings (SSSR count). The van der Waals surface area contributed by atoms with Gasteiger partial charge in [0.25, 0.3) is 0 Å². The largest absolute Gasteiger partial charge is 0.497 e. The van der Waals surface area contributed by atoms with E-state index in [1.165, 1.54) is 12.8 Å². The molecule has 1 aliphatic rings. The number of aryl methyl sites for hydroxylation is 1. The highest BCUT2D eigenvalue weighted by Crippen LogP contribution is 2.40. The summed E-state index contributed by atoms with van der Waals surface area (Å²) in [5.41, 5.74) is 2.36. The van der Waals surface area contributed by atoms with Crippen LogP contribution in [0.4, 0.5) is 0 Å². The molecule has 20 heavy (non-hydrogen) atoms. The lowest BCUT2D eigenvalue weighted by Gasteiger charge is -2.06. The van der Waals surface area contributed by atoms with Crippen LogP contribution in [0.5, 0.6) is 5.75 Å². The van der Waals surface area contributed by atoms with E-state index in [9.17, 15) is 4.79 Å². The highest BCUT2D eigenvalue weighted by molar-refractivity contribution is 9.10. The summed E-state index contributed by atoms with van der Waals surface area (Å²) < 4.78 is 13.4. The molecule has 2 heterocycles. The molecule has 0 spiro atoms. The van der Waals surface area contributed by atoms with Gasteiger partial charge in [0.1, 0.15) is 5.75 Å². The minimum absolute atomic E-state index is 0.148. The second-order valence-electron chi connectivity index (χ2n) is 5.03. The second-order valence-corrected chi connectivity index (χ2v) is 5.88. The van der Waals surface area contributed by atoms with Gasteiger partial charge in [0.05, 0.1) is 26.2 Å². The van der Waals surface area contributed by atoms with Crippen molar-refractivity contribution < 1.29 is 14.3 Å². The van der Waals surface area contributed by atoms with Crippen molar-refractivity contribution in [1.82, 2.24) is 4.57 Å². The summed E-state index contributed by atoms with van der Waals surface area (Å²) in [5.74, 6) is 0.930. The highest BCUT2D eigenvalue weighted by Gasteiger charge is 2.27. The molecular weight excluding hydrogens is 322 g/mol. The first-order chi connectivity index (χ1) is 9.63.